The number of halogens is 1. The highest BCUT2D eigenvalue weighted by atomic mass is 35.5. The Kier molecular flexibility index (Phi) is 7.03. The number of rotatable bonds is 6. The molecule has 3 rings (SSSR count). The molecule has 0 aromatic carbocycles. The fraction of sp³-hybridized carbons (Fsp3) is 0.500. The molecule has 1 atom stereocenters. The summed E-state index contributed by atoms with van der Waals surface area (Å²) in [7, 11) is 0. The zero-order valence-corrected chi connectivity index (χ0v) is 19.3. The van der Waals surface area contributed by atoms with Crippen LogP contribution < -0.4 is 0 Å². The molecule has 6 nitrogen and oxygen atoms in total. The van der Waals surface area contributed by atoms with Gasteiger partial charge in [0, 0.05) is 22.5 Å². The van der Waals surface area contributed by atoms with Gasteiger partial charge in [-0.25, -0.2) is 9.48 Å². The first-order valence-corrected chi connectivity index (χ1v) is 11.3. The van der Waals surface area contributed by atoms with Gasteiger partial charge in [0.2, 0.25) is 0 Å². The van der Waals surface area contributed by atoms with Crippen molar-refractivity contribution in [3.8, 4) is 0 Å². The Hall–Kier alpha value is -2.12. The molecule has 3 heterocycles. The lowest BCUT2D eigenvalue weighted by molar-refractivity contribution is 0.0743. The van der Waals surface area contributed by atoms with Gasteiger partial charge in [-0.3, -0.25) is 9.69 Å². The number of thiophene rings is 1. The Morgan fingerprint density at radius 1 is 1.37 bits per heavy atom. The minimum Gasteiger partial charge on any atom is -0.445 e. The normalized spacial score (nSPS) is 16.7. The Morgan fingerprint density at radius 2 is 2.13 bits per heavy atom. The molecule has 1 amide bonds. The molecule has 0 bridgehead atoms. The number of ether oxygens (including phenoxy) is 1. The molecule has 0 saturated carbocycles. The summed E-state index contributed by atoms with van der Waals surface area (Å²) >= 11 is 7.59. The van der Waals surface area contributed by atoms with Crippen molar-refractivity contribution in [3.05, 3.63) is 51.5 Å². The van der Waals surface area contributed by atoms with E-state index in [-0.39, 0.29) is 24.6 Å². The molecule has 1 aliphatic rings. The van der Waals surface area contributed by atoms with Gasteiger partial charge in [-0.1, -0.05) is 45.0 Å². The van der Waals surface area contributed by atoms with E-state index in [1.807, 2.05) is 39.0 Å². The molecule has 8 heteroatoms. The fourth-order valence-corrected chi connectivity index (χ4v) is 4.61. The van der Waals surface area contributed by atoms with E-state index in [1.165, 1.54) is 4.68 Å². The van der Waals surface area contributed by atoms with E-state index >= 15 is 0 Å². The number of hydrogen-bond acceptors (Lipinski definition) is 5. The monoisotopic (exact) mass is 449 g/mol. The van der Waals surface area contributed by atoms with E-state index in [2.05, 4.69) is 11.7 Å². The minimum absolute atomic E-state index is 0.0632. The quantitative estimate of drug-likeness (QED) is 0.544. The zero-order valence-electron chi connectivity index (χ0n) is 17.7. The highest BCUT2D eigenvalue weighted by Gasteiger charge is 2.35. The maximum Gasteiger partial charge on any atom is 0.410 e. The van der Waals surface area contributed by atoms with Gasteiger partial charge in [0.25, 0.3) is 5.91 Å². The van der Waals surface area contributed by atoms with Gasteiger partial charge in [0.1, 0.15) is 6.61 Å². The van der Waals surface area contributed by atoms with Crippen LogP contribution in [0.3, 0.4) is 0 Å². The number of likely N-dealkylation sites (tertiary alicyclic amines) is 1. The number of amides is 1. The first-order valence-electron chi connectivity index (χ1n) is 10.1. The Morgan fingerprint density at radius 3 is 2.77 bits per heavy atom. The molecule has 0 radical (unpaired) electrons. The molecule has 1 saturated heterocycles. The summed E-state index contributed by atoms with van der Waals surface area (Å²) in [6, 6.07) is 5.67. The van der Waals surface area contributed by atoms with Crippen molar-refractivity contribution in [2.24, 2.45) is 5.41 Å². The molecule has 1 aliphatic heterocycles. The topological polar surface area (TPSA) is 64.4 Å². The lowest BCUT2D eigenvalue weighted by Gasteiger charge is -2.22. The van der Waals surface area contributed by atoms with Crippen LogP contribution in [-0.4, -0.2) is 39.8 Å². The van der Waals surface area contributed by atoms with Gasteiger partial charge in [-0.15, -0.1) is 11.3 Å². The first-order chi connectivity index (χ1) is 14.2. The minimum atomic E-state index is -0.567. The van der Waals surface area contributed by atoms with Gasteiger partial charge in [-0.2, -0.15) is 5.10 Å². The number of aromatic nitrogens is 2. The van der Waals surface area contributed by atoms with Crippen LogP contribution in [0.4, 0.5) is 4.79 Å². The van der Waals surface area contributed by atoms with Crippen molar-refractivity contribution in [3.63, 3.8) is 0 Å². The number of carbonyl (C=O) groups is 2. The Balaban J connectivity index is 1.87. The van der Waals surface area contributed by atoms with Crippen LogP contribution in [0.1, 0.15) is 60.7 Å². The highest BCUT2D eigenvalue weighted by Crippen LogP contribution is 2.33. The van der Waals surface area contributed by atoms with E-state index in [9.17, 15) is 9.59 Å². The lowest BCUT2D eigenvalue weighted by atomic mass is 9.95. The average Bonchev–Trinajstić information content (AvgIpc) is 3.41. The third-order valence-electron chi connectivity index (χ3n) is 5.05. The van der Waals surface area contributed by atoms with Crippen LogP contribution in [0.5, 0.6) is 0 Å². The van der Waals surface area contributed by atoms with Crippen LogP contribution in [0.25, 0.3) is 0 Å². The second-order valence-electron chi connectivity index (χ2n) is 8.45. The molecule has 2 aromatic heterocycles. The number of hydrogen-bond donors (Lipinski definition) is 0. The van der Waals surface area contributed by atoms with Gasteiger partial charge in [0.15, 0.2) is 0 Å². The van der Waals surface area contributed by atoms with Crippen LogP contribution in [-0.2, 0) is 17.6 Å². The van der Waals surface area contributed by atoms with Crippen LogP contribution >= 0.6 is 22.9 Å². The first kappa shape index (κ1) is 22.6. The molecule has 1 fully saturated rings. The van der Waals surface area contributed by atoms with E-state index < -0.39 is 5.41 Å². The SMILES string of the molecule is C=CCOC(=O)N1CCCC1c1cc(CCc2ccc(Cl)s2)n(C(=O)C(C)(C)C)n1. The van der Waals surface area contributed by atoms with Crippen LogP contribution in [0.15, 0.2) is 30.9 Å². The van der Waals surface area contributed by atoms with Gasteiger partial charge < -0.3 is 4.74 Å². The standard InChI is InChI=1S/C22H28ClN3O3S/c1-5-13-29-21(28)25-12-6-7-18(25)17-14-15(8-9-16-10-11-19(23)30-16)26(24-17)20(27)22(2,3)4/h5,10-11,14,18H,1,6-9,12-13H2,2-4H3. The molecule has 162 valence electrons. The Bertz CT molecular complexity index is 928. The molecule has 30 heavy (non-hydrogen) atoms. The summed E-state index contributed by atoms with van der Waals surface area (Å²) in [5, 5.41) is 4.66. The molecule has 0 aliphatic carbocycles. The van der Waals surface area contributed by atoms with Crippen molar-refractivity contribution in [1.82, 2.24) is 14.7 Å². The van der Waals surface area contributed by atoms with Crippen molar-refractivity contribution in [1.29, 1.82) is 0 Å². The summed E-state index contributed by atoms with van der Waals surface area (Å²) in [6.45, 7) is 10.0. The van der Waals surface area contributed by atoms with Gasteiger partial charge in [0.05, 0.1) is 16.1 Å². The summed E-state index contributed by atoms with van der Waals surface area (Å²) in [4.78, 5) is 28.3. The maximum absolute atomic E-state index is 13.1. The Labute approximate surface area is 186 Å². The molecule has 1 unspecified atom stereocenters. The van der Waals surface area contributed by atoms with E-state index in [1.54, 1.807) is 22.3 Å². The molecule has 2 aromatic rings. The third kappa shape index (κ3) is 5.13. The van der Waals surface area contributed by atoms with Crippen molar-refractivity contribution >= 4 is 34.9 Å². The predicted molar refractivity (Wildman–Crippen MR) is 119 cm³/mol. The molecular formula is C22H28ClN3O3S. The second kappa shape index (κ2) is 9.35. The van der Waals surface area contributed by atoms with E-state index in [0.29, 0.717) is 13.0 Å². The molecule has 0 N–H and O–H groups in total. The number of aryl methyl sites for hydroxylation is 2. The summed E-state index contributed by atoms with van der Waals surface area (Å²) in [6.07, 6.45) is 4.29. The largest absolute Gasteiger partial charge is 0.445 e. The molecule has 0 spiro atoms. The van der Waals surface area contributed by atoms with Crippen molar-refractivity contribution in [2.45, 2.75) is 52.5 Å². The van der Waals surface area contributed by atoms with Gasteiger partial charge in [-0.05, 0) is 43.9 Å². The van der Waals surface area contributed by atoms with E-state index in [0.717, 1.165) is 39.9 Å². The number of carbonyl (C=O) groups excluding carboxylic acids is 2. The fourth-order valence-electron chi connectivity index (χ4n) is 3.52. The smallest absolute Gasteiger partial charge is 0.410 e. The maximum atomic E-state index is 13.1. The highest BCUT2D eigenvalue weighted by molar-refractivity contribution is 7.16. The van der Waals surface area contributed by atoms with Crippen LogP contribution in [0.2, 0.25) is 4.34 Å². The third-order valence-corrected chi connectivity index (χ3v) is 6.34. The second-order valence-corrected chi connectivity index (χ2v) is 10.2. The van der Waals surface area contributed by atoms with E-state index in [4.69, 9.17) is 16.3 Å². The average molecular weight is 450 g/mol. The summed E-state index contributed by atoms with van der Waals surface area (Å²) in [5.41, 5.74) is 1.02. The summed E-state index contributed by atoms with van der Waals surface area (Å²) < 4.78 is 7.51. The van der Waals surface area contributed by atoms with Gasteiger partial charge >= 0.3 is 6.09 Å². The number of nitrogens with zero attached hydrogens (tertiary/aromatic N) is 3. The van der Waals surface area contributed by atoms with Crippen molar-refractivity contribution in [2.75, 3.05) is 13.2 Å². The summed E-state index contributed by atoms with van der Waals surface area (Å²) in [5.74, 6) is -0.0632. The molecular weight excluding hydrogens is 422 g/mol. The van der Waals surface area contributed by atoms with Crippen LogP contribution in [0, 0.1) is 5.41 Å². The lowest BCUT2D eigenvalue weighted by Crippen LogP contribution is -2.32. The zero-order chi connectivity index (χ0) is 21.9. The predicted octanol–water partition coefficient (Wildman–Crippen LogP) is 5.53. The van der Waals surface area contributed by atoms with Crippen molar-refractivity contribution < 1.29 is 14.3 Å².